The molecule has 0 aromatic heterocycles. The molecule has 214 valence electrons. The van der Waals surface area contributed by atoms with Crippen LogP contribution >= 0.6 is 11.6 Å². The Hall–Kier alpha value is -3.97. The van der Waals surface area contributed by atoms with Crippen molar-refractivity contribution in [2.75, 3.05) is 37.0 Å². The average Bonchev–Trinajstić information content (AvgIpc) is 2.91. The maximum Gasteiger partial charge on any atom is 0.416 e. The average molecular weight is 601 g/mol. The summed E-state index contributed by atoms with van der Waals surface area (Å²) >= 11 is 6.04. The summed E-state index contributed by atoms with van der Waals surface area (Å²) in [5.41, 5.74) is -1.50. The minimum atomic E-state index is -4.77. The highest BCUT2D eigenvalue weighted by Gasteiger charge is 2.33. The molecule has 0 fully saturated rings. The van der Waals surface area contributed by atoms with Crippen LogP contribution in [-0.4, -0.2) is 47.7 Å². The minimum Gasteiger partial charge on any atom is -0.493 e. The molecule has 3 aromatic carbocycles. The third-order valence-electron chi connectivity index (χ3n) is 5.44. The zero-order chi connectivity index (χ0) is 29.7. The number of methoxy groups -OCH3 is 2. The van der Waals surface area contributed by atoms with Gasteiger partial charge >= 0.3 is 12.1 Å². The van der Waals surface area contributed by atoms with Crippen molar-refractivity contribution >= 4 is 44.9 Å². The van der Waals surface area contributed by atoms with Gasteiger partial charge in [-0.15, -0.1) is 0 Å². The molecule has 0 saturated carbocycles. The van der Waals surface area contributed by atoms with Crippen LogP contribution < -0.4 is 19.1 Å². The number of nitrogens with zero attached hydrogens (tertiary/aromatic N) is 1. The Balaban J connectivity index is 2.03. The topological polar surface area (TPSA) is 111 Å². The fraction of sp³-hybridized carbons (Fsp3) is 0.231. The number of alkyl halides is 3. The highest BCUT2D eigenvalue weighted by atomic mass is 35.5. The molecule has 3 aromatic rings. The number of esters is 1. The molecule has 0 aliphatic heterocycles. The molecule has 0 radical (unpaired) electrons. The van der Waals surface area contributed by atoms with Gasteiger partial charge in [0.1, 0.15) is 6.54 Å². The molecule has 3 rings (SSSR count). The van der Waals surface area contributed by atoms with Crippen molar-refractivity contribution in [3.63, 3.8) is 0 Å². The molecule has 0 bridgehead atoms. The first-order chi connectivity index (χ1) is 18.8. The van der Waals surface area contributed by atoms with E-state index < -0.39 is 45.9 Å². The quantitative estimate of drug-likeness (QED) is 0.311. The van der Waals surface area contributed by atoms with Crippen molar-refractivity contribution in [3.8, 4) is 11.5 Å². The number of nitrogens with one attached hydrogen (secondary N) is 1. The summed E-state index contributed by atoms with van der Waals surface area (Å²) in [6.07, 6.45) is -4.77. The van der Waals surface area contributed by atoms with Gasteiger partial charge in [0.2, 0.25) is 5.91 Å². The van der Waals surface area contributed by atoms with Gasteiger partial charge in [0.05, 0.1) is 47.6 Å². The van der Waals surface area contributed by atoms with Crippen LogP contribution in [0, 0.1) is 0 Å². The van der Waals surface area contributed by atoms with Crippen molar-refractivity contribution in [2.24, 2.45) is 0 Å². The van der Waals surface area contributed by atoms with Crippen LogP contribution in [0.3, 0.4) is 0 Å². The summed E-state index contributed by atoms with van der Waals surface area (Å²) in [5, 5.41) is 2.49. The zero-order valence-corrected chi connectivity index (χ0v) is 23.0. The van der Waals surface area contributed by atoms with E-state index in [1.165, 1.54) is 44.6 Å². The smallest absolute Gasteiger partial charge is 0.416 e. The van der Waals surface area contributed by atoms with E-state index in [2.05, 4.69) is 5.32 Å². The van der Waals surface area contributed by atoms with E-state index in [0.717, 1.165) is 24.3 Å². The molecule has 0 atom stereocenters. The SMILES string of the molecule is CCOC(=O)c1cc(NC(=O)CN(c2cccc(C(F)(F)F)c2)S(=O)(=O)c2ccc(OC)c(OC)c2)ccc1Cl. The van der Waals surface area contributed by atoms with Crippen LogP contribution in [0.5, 0.6) is 11.5 Å². The number of carbonyl (C=O) groups is 2. The Labute approximate surface area is 233 Å². The summed E-state index contributed by atoms with van der Waals surface area (Å²) in [6, 6.07) is 11.1. The number of hydrogen-bond donors (Lipinski definition) is 1. The summed E-state index contributed by atoms with van der Waals surface area (Å²) in [7, 11) is -2.00. The standard InChI is InChI=1S/C26H24ClF3N2O7S/c1-4-39-25(34)20-13-17(8-10-21(20)27)31-24(33)15-32(18-7-5-6-16(12-18)26(28,29)30)40(35,36)19-9-11-22(37-2)23(14-19)38-3/h5-14H,4,15H2,1-3H3,(H,31,33). The maximum absolute atomic E-state index is 13.7. The monoisotopic (exact) mass is 600 g/mol. The van der Waals surface area contributed by atoms with Gasteiger partial charge < -0.3 is 19.5 Å². The van der Waals surface area contributed by atoms with E-state index in [4.69, 9.17) is 25.8 Å². The van der Waals surface area contributed by atoms with Crippen LogP contribution in [0.25, 0.3) is 0 Å². The first-order valence-corrected chi connectivity index (χ1v) is 13.3. The molecular weight excluding hydrogens is 577 g/mol. The van der Waals surface area contributed by atoms with Gasteiger partial charge in [-0.25, -0.2) is 13.2 Å². The molecule has 0 aliphatic rings. The first kappa shape index (κ1) is 30.6. The minimum absolute atomic E-state index is 0.0460. The molecule has 40 heavy (non-hydrogen) atoms. The fourth-order valence-corrected chi connectivity index (χ4v) is 5.18. The maximum atomic E-state index is 13.7. The molecule has 1 N–H and O–H groups in total. The second-order valence-electron chi connectivity index (χ2n) is 8.04. The Morgan fingerprint density at radius 2 is 1.68 bits per heavy atom. The summed E-state index contributed by atoms with van der Waals surface area (Å²) < 4.78 is 83.5. The Bertz CT molecular complexity index is 1510. The second-order valence-corrected chi connectivity index (χ2v) is 10.3. The van der Waals surface area contributed by atoms with Crippen LogP contribution in [0.15, 0.2) is 65.6 Å². The third-order valence-corrected chi connectivity index (χ3v) is 7.54. The molecular formula is C26H24ClF3N2O7S. The Kier molecular flexibility index (Phi) is 9.53. The Morgan fingerprint density at radius 3 is 2.30 bits per heavy atom. The number of ether oxygens (including phenoxy) is 3. The van der Waals surface area contributed by atoms with Gasteiger partial charge in [-0.3, -0.25) is 9.10 Å². The van der Waals surface area contributed by atoms with E-state index in [-0.39, 0.29) is 39.3 Å². The lowest BCUT2D eigenvalue weighted by Crippen LogP contribution is -2.38. The van der Waals surface area contributed by atoms with Gasteiger partial charge in [-0.1, -0.05) is 17.7 Å². The van der Waals surface area contributed by atoms with Crippen molar-refractivity contribution in [1.82, 2.24) is 0 Å². The molecule has 1 amide bonds. The van der Waals surface area contributed by atoms with Crippen LogP contribution in [0.4, 0.5) is 24.5 Å². The predicted octanol–water partition coefficient (Wildman–Crippen LogP) is 5.39. The van der Waals surface area contributed by atoms with E-state index in [9.17, 15) is 31.2 Å². The first-order valence-electron chi connectivity index (χ1n) is 11.5. The number of carbonyl (C=O) groups excluding carboxylic acids is 2. The van der Waals surface area contributed by atoms with Gasteiger partial charge in [-0.05, 0) is 55.5 Å². The van der Waals surface area contributed by atoms with Gasteiger partial charge in [0, 0.05) is 11.8 Å². The van der Waals surface area contributed by atoms with Crippen molar-refractivity contribution in [2.45, 2.75) is 18.0 Å². The lowest BCUT2D eigenvalue weighted by atomic mass is 10.2. The van der Waals surface area contributed by atoms with Crippen LogP contribution in [-0.2, 0) is 25.7 Å². The number of hydrogen-bond acceptors (Lipinski definition) is 7. The third kappa shape index (κ3) is 6.96. The number of sulfonamides is 1. The molecule has 0 aliphatic carbocycles. The summed E-state index contributed by atoms with van der Waals surface area (Å²) in [4.78, 5) is 24.8. The van der Waals surface area contributed by atoms with Crippen LogP contribution in [0.2, 0.25) is 5.02 Å². The fourth-order valence-electron chi connectivity index (χ4n) is 3.56. The Morgan fingerprint density at radius 1 is 0.975 bits per heavy atom. The molecule has 14 heteroatoms. The summed E-state index contributed by atoms with van der Waals surface area (Å²) in [5.74, 6) is -1.40. The zero-order valence-electron chi connectivity index (χ0n) is 21.4. The number of anilines is 2. The second kappa shape index (κ2) is 12.5. The lowest BCUT2D eigenvalue weighted by molar-refractivity contribution is -0.137. The van der Waals surface area contributed by atoms with Crippen molar-refractivity contribution in [1.29, 1.82) is 0 Å². The number of halogens is 4. The predicted molar refractivity (Wildman–Crippen MR) is 142 cm³/mol. The normalized spacial score (nSPS) is 11.5. The molecule has 0 saturated heterocycles. The number of rotatable bonds is 10. The molecule has 9 nitrogen and oxygen atoms in total. The van der Waals surface area contributed by atoms with Crippen molar-refractivity contribution in [3.05, 3.63) is 76.8 Å². The number of amides is 1. The van der Waals surface area contributed by atoms with Gasteiger partial charge in [0.15, 0.2) is 11.5 Å². The molecule has 0 unspecified atom stereocenters. The van der Waals surface area contributed by atoms with E-state index in [1.807, 2.05) is 0 Å². The van der Waals surface area contributed by atoms with Gasteiger partial charge in [0.25, 0.3) is 10.0 Å². The lowest BCUT2D eigenvalue weighted by Gasteiger charge is -2.25. The molecule has 0 heterocycles. The van der Waals surface area contributed by atoms with E-state index in [0.29, 0.717) is 10.4 Å². The molecule has 0 spiro atoms. The highest BCUT2D eigenvalue weighted by Crippen LogP contribution is 2.35. The summed E-state index contributed by atoms with van der Waals surface area (Å²) in [6.45, 7) is 0.750. The highest BCUT2D eigenvalue weighted by molar-refractivity contribution is 7.92. The van der Waals surface area contributed by atoms with E-state index >= 15 is 0 Å². The van der Waals surface area contributed by atoms with E-state index in [1.54, 1.807) is 6.92 Å². The largest absolute Gasteiger partial charge is 0.493 e. The number of benzene rings is 3. The van der Waals surface area contributed by atoms with Crippen molar-refractivity contribution < 1.29 is 45.4 Å². The van der Waals surface area contributed by atoms with Crippen LogP contribution in [0.1, 0.15) is 22.8 Å². The van der Waals surface area contributed by atoms with Gasteiger partial charge in [-0.2, -0.15) is 13.2 Å².